The molecule has 0 spiro atoms. The Kier molecular flexibility index (Phi) is 6.91. The molecule has 0 unspecified atom stereocenters. The molecule has 0 saturated heterocycles. The van der Waals surface area contributed by atoms with Crippen LogP contribution in [0.1, 0.15) is 21.5 Å². The van der Waals surface area contributed by atoms with Crippen LogP contribution in [0.3, 0.4) is 0 Å². The molecule has 0 fully saturated rings. The van der Waals surface area contributed by atoms with E-state index in [1.54, 1.807) is 23.9 Å². The fraction of sp³-hybridized carbons (Fsp3) is 0.263. The quantitative estimate of drug-likeness (QED) is 0.601. The molecule has 2 aromatic carbocycles. The van der Waals surface area contributed by atoms with Crippen LogP contribution in [-0.2, 0) is 4.79 Å². The first-order valence-corrected chi connectivity index (χ1v) is 9.19. The molecule has 0 aromatic heterocycles. The van der Waals surface area contributed by atoms with E-state index in [1.165, 1.54) is 7.11 Å². The van der Waals surface area contributed by atoms with Crippen LogP contribution in [-0.4, -0.2) is 31.8 Å². The molecule has 0 atom stereocenters. The molecule has 2 rings (SSSR count). The highest BCUT2D eigenvalue weighted by atomic mass is 32.2. The molecule has 2 aromatic rings. The summed E-state index contributed by atoms with van der Waals surface area (Å²) in [6.45, 7) is 3.62. The van der Waals surface area contributed by atoms with Gasteiger partial charge in [-0.15, -0.1) is 11.8 Å². The normalized spacial score (nSPS) is 10.2. The number of benzene rings is 2. The molecule has 0 radical (unpaired) electrons. The van der Waals surface area contributed by atoms with Gasteiger partial charge < -0.3 is 9.47 Å². The number of para-hydroxylation sites is 1. The molecule has 0 saturated carbocycles. The van der Waals surface area contributed by atoms with Crippen LogP contribution in [0.15, 0.2) is 41.3 Å². The van der Waals surface area contributed by atoms with E-state index in [0.717, 1.165) is 16.0 Å². The van der Waals surface area contributed by atoms with E-state index < -0.39 is 11.8 Å². The molecule has 7 heteroatoms. The van der Waals surface area contributed by atoms with Crippen LogP contribution in [0.2, 0.25) is 0 Å². The smallest absolute Gasteiger partial charge is 0.276 e. The molecule has 0 aliphatic rings. The lowest BCUT2D eigenvalue weighted by atomic mass is 10.1. The van der Waals surface area contributed by atoms with Gasteiger partial charge >= 0.3 is 0 Å². The Hall–Kier alpha value is -2.67. The van der Waals surface area contributed by atoms with Gasteiger partial charge in [0, 0.05) is 4.90 Å². The monoisotopic (exact) mass is 374 g/mol. The highest BCUT2D eigenvalue weighted by Crippen LogP contribution is 2.25. The van der Waals surface area contributed by atoms with Gasteiger partial charge in [0.25, 0.3) is 11.8 Å². The van der Waals surface area contributed by atoms with Crippen molar-refractivity contribution in [1.82, 2.24) is 10.9 Å². The van der Waals surface area contributed by atoms with Crippen LogP contribution in [0.5, 0.6) is 11.5 Å². The summed E-state index contributed by atoms with van der Waals surface area (Å²) in [7, 11) is 1.49. The molecular formula is C19H22N2O4S. The second kappa shape index (κ2) is 9.15. The SMILES string of the molecule is COc1cc(SC)ccc1C(=O)NNC(=O)COc1c(C)cccc1C. The minimum atomic E-state index is -0.463. The van der Waals surface area contributed by atoms with Crippen molar-refractivity contribution < 1.29 is 19.1 Å². The lowest BCUT2D eigenvalue weighted by Gasteiger charge is -2.13. The highest BCUT2D eigenvalue weighted by molar-refractivity contribution is 7.98. The van der Waals surface area contributed by atoms with Crippen LogP contribution in [0, 0.1) is 13.8 Å². The zero-order valence-corrected chi connectivity index (χ0v) is 16.0. The average Bonchev–Trinajstić information content (AvgIpc) is 2.65. The molecule has 6 nitrogen and oxygen atoms in total. The third-order valence-corrected chi connectivity index (χ3v) is 4.45. The van der Waals surface area contributed by atoms with Crippen LogP contribution < -0.4 is 20.3 Å². The van der Waals surface area contributed by atoms with Gasteiger partial charge in [-0.3, -0.25) is 20.4 Å². The first kappa shape index (κ1) is 19.7. The van der Waals surface area contributed by atoms with Gasteiger partial charge in [-0.25, -0.2) is 0 Å². The number of hydrogen-bond acceptors (Lipinski definition) is 5. The average molecular weight is 374 g/mol. The number of carbonyl (C=O) groups excluding carboxylic acids is 2. The van der Waals surface area contributed by atoms with Crippen LogP contribution in [0.25, 0.3) is 0 Å². The largest absolute Gasteiger partial charge is 0.496 e. The van der Waals surface area contributed by atoms with Gasteiger partial charge in [0.1, 0.15) is 11.5 Å². The van der Waals surface area contributed by atoms with Crippen molar-refractivity contribution in [2.75, 3.05) is 20.0 Å². The number of rotatable bonds is 6. The number of methoxy groups -OCH3 is 1. The van der Waals surface area contributed by atoms with Gasteiger partial charge in [0.2, 0.25) is 0 Å². The number of nitrogens with one attached hydrogen (secondary N) is 2. The van der Waals surface area contributed by atoms with Crippen molar-refractivity contribution in [3.05, 3.63) is 53.1 Å². The van der Waals surface area contributed by atoms with E-state index >= 15 is 0 Å². The fourth-order valence-electron chi connectivity index (χ4n) is 2.38. The summed E-state index contributed by atoms with van der Waals surface area (Å²) in [5.74, 6) is 0.189. The van der Waals surface area contributed by atoms with E-state index in [-0.39, 0.29) is 6.61 Å². The third kappa shape index (κ3) is 4.92. The second-order valence-corrected chi connectivity index (χ2v) is 6.46. The van der Waals surface area contributed by atoms with Crippen molar-refractivity contribution in [3.8, 4) is 11.5 Å². The van der Waals surface area contributed by atoms with Gasteiger partial charge in [0.15, 0.2) is 6.61 Å². The third-order valence-electron chi connectivity index (χ3n) is 3.73. The van der Waals surface area contributed by atoms with Crippen molar-refractivity contribution in [1.29, 1.82) is 0 Å². The Morgan fingerprint density at radius 3 is 2.38 bits per heavy atom. The zero-order valence-electron chi connectivity index (χ0n) is 15.2. The number of amides is 2. The Bertz CT molecular complexity index is 788. The molecule has 0 aliphatic carbocycles. The van der Waals surface area contributed by atoms with Gasteiger partial charge in [0.05, 0.1) is 12.7 Å². The summed E-state index contributed by atoms with van der Waals surface area (Å²) >= 11 is 1.55. The number of carbonyl (C=O) groups is 2. The van der Waals surface area contributed by atoms with Crippen molar-refractivity contribution in [2.45, 2.75) is 18.7 Å². The number of hydrogen-bond donors (Lipinski definition) is 2. The van der Waals surface area contributed by atoms with Crippen molar-refractivity contribution in [3.63, 3.8) is 0 Å². The molecule has 0 heterocycles. The fourth-order valence-corrected chi connectivity index (χ4v) is 2.81. The first-order chi connectivity index (χ1) is 12.5. The number of hydrazine groups is 1. The molecular weight excluding hydrogens is 352 g/mol. The van der Waals surface area contributed by atoms with E-state index in [1.807, 2.05) is 44.4 Å². The Morgan fingerprint density at radius 2 is 1.77 bits per heavy atom. The van der Waals surface area contributed by atoms with Gasteiger partial charge in [-0.2, -0.15) is 0 Å². The highest BCUT2D eigenvalue weighted by Gasteiger charge is 2.14. The molecule has 0 aliphatic heterocycles. The zero-order chi connectivity index (χ0) is 19.1. The number of ether oxygens (including phenoxy) is 2. The van der Waals surface area contributed by atoms with Gasteiger partial charge in [-0.05, 0) is 49.4 Å². The van der Waals surface area contributed by atoms with Crippen molar-refractivity contribution >= 4 is 23.6 Å². The summed E-state index contributed by atoms with van der Waals surface area (Å²) in [6.07, 6.45) is 1.94. The molecule has 0 bridgehead atoms. The molecule has 2 amide bonds. The predicted octanol–water partition coefficient (Wildman–Crippen LogP) is 2.87. The Morgan fingerprint density at radius 1 is 1.08 bits per heavy atom. The maximum absolute atomic E-state index is 12.3. The molecule has 2 N–H and O–H groups in total. The Balaban J connectivity index is 1.92. The second-order valence-electron chi connectivity index (χ2n) is 5.58. The summed E-state index contributed by atoms with van der Waals surface area (Å²) < 4.78 is 10.8. The predicted molar refractivity (Wildman–Crippen MR) is 102 cm³/mol. The number of aryl methyl sites for hydroxylation is 2. The summed E-state index contributed by atoms with van der Waals surface area (Å²) in [4.78, 5) is 25.2. The maximum Gasteiger partial charge on any atom is 0.276 e. The Labute approximate surface area is 157 Å². The van der Waals surface area contributed by atoms with E-state index in [0.29, 0.717) is 17.1 Å². The lowest BCUT2D eigenvalue weighted by Crippen LogP contribution is -2.44. The minimum Gasteiger partial charge on any atom is -0.496 e. The van der Waals surface area contributed by atoms with Crippen molar-refractivity contribution in [2.24, 2.45) is 0 Å². The topological polar surface area (TPSA) is 76.7 Å². The number of thioether (sulfide) groups is 1. The minimum absolute atomic E-state index is 0.200. The standard InChI is InChI=1S/C19H22N2O4S/c1-12-6-5-7-13(2)18(12)25-11-17(22)20-21-19(23)15-9-8-14(26-4)10-16(15)24-3/h5-10H,11H2,1-4H3,(H,20,22)(H,21,23). The summed E-state index contributed by atoms with van der Waals surface area (Å²) in [6, 6.07) is 11.0. The van der Waals surface area contributed by atoms with Crippen LogP contribution in [0.4, 0.5) is 0 Å². The van der Waals surface area contributed by atoms with Crippen LogP contribution >= 0.6 is 11.8 Å². The van der Waals surface area contributed by atoms with Gasteiger partial charge in [-0.1, -0.05) is 18.2 Å². The first-order valence-electron chi connectivity index (χ1n) is 7.96. The molecule has 26 heavy (non-hydrogen) atoms. The van der Waals surface area contributed by atoms with E-state index in [4.69, 9.17) is 9.47 Å². The summed E-state index contributed by atoms with van der Waals surface area (Å²) in [5.41, 5.74) is 6.94. The summed E-state index contributed by atoms with van der Waals surface area (Å²) in [5, 5.41) is 0. The lowest BCUT2D eigenvalue weighted by molar-refractivity contribution is -0.123. The molecule has 138 valence electrons. The van der Waals surface area contributed by atoms with E-state index in [9.17, 15) is 9.59 Å². The van der Waals surface area contributed by atoms with E-state index in [2.05, 4.69) is 10.9 Å². The maximum atomic E-state index is 12.3.